The topological polar surface area (TPSA) is 0 Å². The monoisotopic (exact) mass is 176 g/mol. The Balaban J connectivity index is 4.10. The molecular weight excluding hydrogens is 156 g/mol. The molecule has 0 bridgehead atoms. The fourth-order valence-corrected chi connectivity index (χ4v) is 1.78. The summed E-state index contributed by atoms with van der Waals surface area (Å²) in [5.74, 6) is 1.28. The molecule has 0 amide bonds. The van der Waals surface area contributed by atoms with E-state index in [4.69, 9.17) is 11.6 Å². The van der Waals surface area contributed by atoms with E-state index < -0.39 is 0 Å². The molecule has 0 radical (unpaired) electrons. The maximum absolute atomic E-state index is 6.45. The van der Waals surface area contributed by atoms with Gasteiger partial charge in [0, 0.05) is 4.87 Å². The van der Waals surface area contributed by atoms with E-state index >= 15 is 0 Å². The quantitative estimate of drug-likeness (QED) is 0.567. The van der Waals surface area contributed by atoms with Crippen LogP contribution in [0.3, 0.4) is 0 Å². The average Bonchev–Trinajstić information content (AvgIpc) is 1.86. The van der Waals surface area contributed by atoms with E-state index in [1.807, 2.05) is 0 Å². The molecule has 0 saturated carbocycles. The third-order valence-corrected chi connectivity index (χ3v) is 3.23. The molecular formula is C10H21Cl. The number of halogens is 1. The fraction of sp³-hybridized carbons (Fsp3) is 1.00. The van der Waals surface area contributed by atoms with Gasteiger partial charge in [-0.15, -0.1) is 11.6 Å². The van der Waals surface area contributed by atoms with E-state index in [2.05, 4.69) is 34.6 Å². The zero-order chi connectivity index (χ0) is 9.07. The van der Waals surface area contributed by atoms with Gasteiger partial charge in [0.2, 0.25) is 0 Å². The third kappa shape index (κ3) is 3.46. The predicted octanol–water partition coefficient (Wildman–Crippen LogP) is 4.08. The average molecular weight is 177 g/mol. The van der Waals surface area contributed by atoms with Crippen LogP contribution in [0.25, 0.3) is 0 Å². The van der Waals surface area contributed by atoms with Gasteiger partial charge in [-0.25, -0.2) is 0 Å². The molecule has 0 aliphatic carbocycles. The maximum Gasteiger partial charge on any atom is 0.0469 e. The van der Waals surface area contributed by atoms with Gasteiger partial charge in [-0.05, 0) is 24.7 Å². The van der Waals surface area contributed by atoms with Crippen molar-refractivity contribution in [2.45, 2.75) is 52.3 Å². The van der Waals surface area contributed by atoms with Crippen LogP contribution in [-0.4, -0.2) is 4.87 Å². The fourth-order valence-electron chi connectivity index (χ4n) is 1.47. The van der Waals surface area contributed by atoms with E-state index in [0.29, 0.717) is 11.8 Å². The summed E-state index contributed by atoms with van der Waals surface area (Å²) in [7, 11) is 0. The molecule has 68 valence electrons. The van der Waals surface area contributed by atoms with Crippen molar-refractivity contribution in [1.82, 2.24) is 0 Å². The van der Waals surface area contributed by atoms with E-state index in [1.54, 1.807) is 0 Å². The molecule has 0 aromatic rings. The lowest BCUT2D eigenvalue weighted by Crippen LogP contribution is -2.29. The third-order valence-electron chi connectivity index (χ3n) is 2.37. The first-order chi connectivity index (χ1) is 4.92. The van der Waals surface area contributed by atoms with Crippen molar-refractivity contribution < 1.29 is 0 Å². The highest BCUT2D eigenvalue weighted by Gasteiger charge is 2.29. The Bertz CT molecular complexity index is 107. The predicted molar refractivity (Wildman–Crippen MR) is 53.2 cm³/mol. The van der Waals surface area contributed by atoms with Crippen LogP contribution in [0.4, 0.5) is 0 Å². The standard InChI is InChI=1S/C10H21Cl/c1-6-10(11,9(4)5)7-8(2)3/h8-9H,6-7H2,1-5H3. The maximum atomic E-state index is 6.45. The summed E-state index contributed by atoms with van der Waals surface area (Å²) in [6.45, 7) is 11.1. The van der Waals surface area contributed by atoms with Gasteiger partial charge in [0.25, 0.3) is 0 Å². The van der Waals surface area contributed by atoms with Crippen molar-refractivity contribution >= 4 is 11.6 Å². The minimum Gasteiger partial charge on any atom is -0.119 e. The number of rotatable bonds is 4. The molecule has 1 atom stereocenters. The Labute approximate surface area is 76.3 Å². The lowest BCUT2D eigenvalue weighted by atomic mass is 9.85. The Morgan fingerprint density at radius 3 is 1.73 bits per heavy atom. The lowest BCUT2D eigenvalue weighted by molar-refractivity contribution is 0.341. The summed E-state index contributed by atoms with van der Waals surface area (Å²) in [4.78, 5) is 0.0359. The van der Waals surface area contributed by atoms with Crippen molar-refractivity contribution in [3.8, 4) is 0 Å². The molecule has 0 aliphatic rings. The summed E-state index contributed by atoms with van der Waals surface area (Å²) in [5, 5.41) is 0. The van der Waals surface area contributed by atoms with Gasteiger partial charge in [-0.3, -0.25) is 0 Å². The SMILES string of the molecule is CCC(Cl)(CC(C)C)C(C)C. The Kier molecular flexibility index (Phi) is 4.46. The minimum atomic E-state index is 0.0359. The van der Waals surface area contributed by atoms with Crippen molar-refractivity contribution in [2.75, 3.05) is 0 Å². The number of hydrogen-bond donors (Lipinski definition) is 0. The van der Waals surface area contributed by atoms with Crippen LogP contribution in [0.1, 0.15) is 47.5 Å². The van der Waals surface area contributed by atoms with Crippen molar-refractivity contribution in [3.05, 3.63) is 0 Å². The Hall–Kier alpha value is 0.290. The van der Waals surface area contributed by atoms with Crippen LogP contribution in [0.15, 0.2) is 0 Å². The zero-order valence-electron chi connectivity index (χ0n) is 8.45. The van der Waals surface area contributed by atoms with Gasteiger partial charge in [-0.1, -0.05) is 34.6 Å². The minimum absolute atomic E-state index is 0.0359. The van der Waals surface area contributed by atoms with Gasteiger partial charge in [0.05, 0.1) is 0 Å². The van der Waals surface area contributed by atoms with Crippen LogP contribution >= 0.6 is 11.6 Å². The molecule has 0 nitrogen and oxygen atoms in total. The second-order valence-corrected chi connectivity index (χ2v) is 4.89. The Morgan fingerprint density at radius 2 is 1.64 bits per heavy atom. The van der Waals surface area contributed by atoms with Gasteiger partial charge >= 0.3 is 0 Å². The first-order valence-electron chi connectivity index (χ1n) is 4.61. The van der Waals surface area contributed by atoms with E-state index in [-0.39, 0.29) is 4.87 Å². The molecule has 1 unspecified atom stereocenters. The Morgan fingerprint density at radius 1 is 1.18 bits per heavy atom. The molecule has 0 aliphatic heterocycles. The zero-order valence-corrected chi connectivity index (χ0v) is 9.20. The number of alkyl halides is 1. The molecule has 0 fully saturated rings. The molecule has 0 rings (SSSR count). The first kappa shape index (κ1) is 11.3. The van der Waals surface area contributed by atoms with Crippen molar-refractivity contribution in [3.63, 3.8) is 0 Å². The molecule has 0 spiro atoms. The second kappa shape index (κ2) is 4.35. The summed E-state index contributed by atoms with van der Waals surface area (Å²) in [5.41, 5.74) is 0. The van der Waals surface area contributed by atoms with Crippen molar-refractivity contribution in [1.29, 1.82) is 0 Å². The molecule has 0 aromatic heterocycles. The molecule has 11 heavy (non-hydrogen) atoms. The van der Waals surface area contributed by atoms with Gasteiger partial charge in [-0.2, -0.15) is 0 Å². The van der Waals surface area contributed by atoms with E-state index in [1.165, 1.54) is 0 Å². The van der Waals surface area contributed by atoms with Crippen LogP contribution in [0, 0.1) is 11.8 Å². The number of hydrogen-bond acceptors (Lipinski definition) is 0. The normalized spacial score (nSPS) is 17.5. The van der Waals surface area contributed by atoms with Crippen LogP contribution < -0.4 is 0 Å². The summed E-state index contributed by atoms with van der Waals surface area (Å²) >= 11 is 6.45. The van der Waals surface area contributed by atoms with Gasteiger partial charge < -0.3 is 0 Å². The smallest absolute Gasteiger partial charge is 0.0469 e. The molecule has 0 aromatic carbocycles. The highest BCUT2D eigenvalue weighted by atomic mass is 35.5. The highest BCUT2D eigenvalue weighted by Crippen LogP contribution is 2.35. The molecule has 0 saturated heterocycles. The van der Waals surface area contributed by atoms with E-state index in [9.17, 15) is 0 Å². The first-order valence-corrected chi connectivity index (χ1v) is 4.99. The van der Waals surface area contributed by atoms with Crippen LogP contribution in [0.5, 0.6) is 0 Å². The summed E-state index contributed by atoms with van der Waals surface area (Å²) in [6, 6.07) is 0. The lowest BCUT2D eigenvalue weighted by Gasteiger charge is -2.31. The second-order valence-electron chi connectivity index (χ2n) is 4.14. The molecule has 1 heteroatoms. The molecule has 0 N–H and O–H groups in total. The van der Waals surface area contributed by atoms with Gasteiger partial charge in [0.1, 0.15) is 0 Å². The molecule has 0 heterocycles. The van der Waals surface area contributed by atoms with E-state index in [0.717, 1.165) is 12.8 Å². The van der Waals surface area contributed by atoms with Crippen molar-refractivity contribution in [2.24, 2.45) is 11.8 Å². The largest absolute Gasteiger partial charge is 0.119 e. The summed E-state index contributed by atoms with van der Waals surface area (Å²) < 4.78 is 0. The highest BCUT2D eigenvalue weighted by molar-refractivity contribution is 6.24. The summed E-state index contributed by atoms with van der Waals surface area (Å²) in [6.07, 6.45) is 2.20. The van der Waals surface area contributed by atoms with Gasteiger partial charge in [0.15, 0.2) is 0 Å². The van der Waals surface area contributed by atoms with Crippen LogP contribution in [0.2, 0.25) is 0 Å². The van der Waals surface area contributed by atoms with Crippen LogP contribution in [-0.2, 0) is 0 Å².